The van der Waals surface area contributed by atoms with Crippen molar-refractivity contribution < 1.29 is 18.4 Å². The van der Waals surface area contributed by atoms with Crippen molar-refractivity contribution >= 4 is 45.1 Å². The summed E-state index contributed by atoms with van der Waals surface area (Å²) in [5.74, 6) is 1.03. The number of nitrogens with one attached hydrogen (secondary N) is 2. The predicted molar refractivity (Wildman–Crippen MR) is 242 cm³/mol. The number of benzene rings is 4. The molecular formula is C46H52F2N10O2S2. The number of rotatable bonds is 15. The van der Waals surface area contributed by atoms with Crippen LogP contribution < -0.4 is 20.4 Å². The van der Waals surface area contributed by atoms with Gasteiger partial charge in [0.25, 0.3) is 11.8 Å². The summed E-state index contributed by atoms with van der Waals surface area (Å²) in [5.41, 5.74) is 4.64. The summed E-state index contributed by atoms with van der Waals surface area (Å²) in [6.45, 7) is 12.3. The fourth-order valence-electron chi connectivity index (χ4n) is 7.13. The van der Waals surface area contributed by atoms with E-state index < -0.39 is 0 Å². The maximum Gasteiger partial charge on any atom is 0.251 e. The van der Waals surface area contributed by atoms with Crippen LogP contribution in [0.25, 0.3) is 0 Å². The Kier molecular flexibility index (Phi) is 16.1. The second-order valence-corrected chi connectivity index (χ2v) is 16.6. The van der Waals surface area contributed by atoms with Crippen molar-refractivity contribution in [1.29, 1.82) is 0 Å². The van der Waals surface area contributed by atoms with Crippen LogP contribution in [-0.4, -0.2) is 119 Å². The van der Waals surface area contributed by atoms with Gasteiger partial charge in [-0.3, -0.25) is 19.4 Å². The number of hydrogen-bond acceptors (Lipinski definition) is 12. The Balaban J connectivity index is 0.000000187. The SMILES string of the molecule is CCc1ccc(C(=O)NCCN2CCN(c3nc(Cc4ccc(F)cc4)ns3)CC2)cc1.O=C(NCCN1CCN(c2nc(Cc3ccc(F)cc3)ns2)CC1)c1ccccc1. The van der Waals surface area contributed by atoms with Crippen LogP contribution in [-0.2, 0) is 19.3 Å². The highest BCUT2D eigenvalue weighted by atomic mass is 32.1. The van der Waals surface area contributed by atoms with E-state index in [9.17, 15) is 18.4 Å². The Morgan fingerprint density at radius 2 is 0.952 bits per heavy atom. The van der Waals surface area contributed by atoms with E-state index in [1.807, 2.05) is 54.6 Å². The van der Waals surface area contributed by atoms with Crippen LogP contribution in [0.3, 0.4) is 0 Å². The van der Waals surface area contributed by atoms with Crippen molar-refractivity contribution in [2.45, 2.75) is 26.2 Å². The van der Waals surface area contributed by atoms with Gasteiger partial charge < -0.3 is 20.4 Å². The summed E-state index contributed by atoms with van der Waals surface area (Å²) in [4.78, 5) is 43.0. The van der Waals surface area contributed by atoms with E-state index in [1.54, 1.807) is 24.3 Å². The molecule has 62 heavy (non-hydrogen) atoms. The first kappa shape index (κ1) is 44.4. The fraction of sp³-hybridized carbons (Fsp3) is 0.348. The van der Waals surface area contributed by atoms with Crippen LogP contribution in [0.15, 0.2) is 103 Å². The molecule has 2 aliphatic rings. The summed E-state index contributed by atoms with van der Waals surface area (Å²) in [6.07, 6.45) is 2.19. The molecule has 0 radical (unpaired) electrons. The lowest BCUT2D eigenvalue weighted by Crippen LogP contribution is -2.48. The fourth-order valence-corrected chi connectivity index (χ4v) is 8.60. The van der Waals surface area contributed by atoms with Gasteiger partial charge in [-0.15, -0.1) is 0 Å². The minimum atomic E-state index is -0.233. The first-order valence-electron chi connectivity index (χ1n) is 21.1. The van der Waals surface area contributed by atoms with Gasteiger partial charge in [-0.05, 0) is 71.6 Å². The number of hydrogen-bond donors (Lipinski definition) is 2. The smallest absolute Gasteiger partial charge is 0.251 e. The molecule has 4 aromatic carbocycles. The van der Waals surface area contributed by atoms with Crippen LogP contribution in [0.1, 0.15) is 56.0 Å². The van der Waals surface area contributed by atoms with E-state index in [-0.39, 0.29) is 23.4 Å². The van der Waals surface area contributed by atoms with Crippen LogP contribution in [0.5, 0.6) is 0 Å². The van der Waals surface area contributed by atoms with E-state index in [0.29, 0.717) is 37.1 Å². The number of carbonyl (C=O) groups excluding carboxylic acids is 2. The molecule has 8 rings (SSSR count). The van der Waals surface area contributed by atoms with Gasteiger partial charge in [0.1, 0.15) is 23.3 Å². The van der Waals surface area contributed by atoms with E-state index in [2.05, 4.69) is 55.9 Å². The molecule has 16 heteroatoms. The number of piperazine rings is 2. The second-order valence-electron chi connectivity index (χ2n) is 15.2. The number of carbonyl (C=O) groups is 2. The predicted octanol–water partition coefficient (Wildman–Crippen LogP) is 6.20. The first-order chi connectivity index (χ1) is 30.3. The van der Waals surface area contributed by atoms with Gasteiger partial charge in [0, 0.05) is 126 Å². The number of nitrogens with zero attached hydrogens (tertiary/aromatic N) is 8. The zero-order valence-corrected chi connectivity index (χ0v) is 36.5. The molecule has 0 bridgehead atoms. The lowest BCUT2D eigenvalue weighted by Gasteiger charge is -2.34. The molecule has 0 unspecified atom stereocenters. The molecule has 0 spiro atoms. The minimum absolute atomic E-state index is 0.0196. The number of aryl methyl sites for hydroxylation is 1. The maximum absolute atomic E-state index is 13.1. The third kappa shape index (κ3) is 13.2. The largest absolute Gasteiger partial charge is 0.351 e. The maximum atomic E-state index is 13.1. The van der Waals surface area contributed by atoms with Crippen LogP contribution in [0, 0.1) is 11.6 Å². The molecule has 2 N–H and O–H groups in total. The Morgan fingerprint density at radius 3 is 1.37 bits per heavy atom. The lowest BCUT2D eigenvalue weighted by atomic mass is 10.1. The number of amides is 2. The van der Waals surface area contributed by atoms with E-state index in [0.717, 1.165) is 105 Å². The lowest BCUT2D eigenvalue weighted by molar-refractivity contribution is 0.0939. The molecular weight excluding hydrogens is 827 g/mol. The Hall–Kier alpha value is -5.68. The van der Waals surface area contributed by atoms with Crippen molar-refractivity contribution in [3.63, 3.8) is 0 Å². The Bertz CT molecular complexity index is 2300. The third-order valence-electron chi connectivity index (χ3n) is 10.8. The molecule has 2 saturated heterocycles. The molecule has 0 aliphatic carbocycles. The van der Waals surface area contributed by atoms with Gasteiger partial charge in [0.15, 0.2) is 0 Å². The summed E-state index contributed by atoms with van der Waals surface area (Å²) < 4.78 is 35.0. The molecule has 0 saturated carbocycles. The zero-order valence-electron chi connectivity index (χ0n) is 34.9. The number of anilines is 2. The van der Waals surface area contributed by atoms with Crippen LogP contribution in [0.4, 0.5) is 19.0 Å². The number of halogens is 2. The van der Waals surface area contributed by atoms with Gasteiger partial charge in [-0.25, -0.2) is 18.7 Å². The van der Waals surface area contributed by atoms with Crippen LogP contribution >= 0.6 is 23.1 Å². The average molecular weight is 879 g/mol. The van der Waals surface area contributed by atoms with Crippen molar-refractivity contribution in [2.75, 3.05) is 88.3 Å². The highest BCUT2D eigenvalue weighted by molar-refractivity contribution is 7.10. The standard InChI is InChI=1S/C24H28FN5OS.C22H24FN5OS/c1-2-18-3-7-20(8-4-18)23(31)26-11-12-29-13-15-30(16-14-29)24-27-22(28-32-24)17-19-5-9-21(25)10-6-19;23-19-8-6-17(7-9-19)16-20-25-22(30-26-20)28-14-12-27(13-15-28)11-10-24-21(29)18-4-2-1-3-5-18/h3-10H,2,11-17H2,1H3,(H,26,31);1-9H,10-16H2,(H,24,29). The molecule has 324 valence electrons. The average Bonchev–Trinajstić information content (AvgIpc) is 3.99. The topological polar surface area (TPSA) is 123 Å². The van der Waals surface area contributed by atoms with E-state index >= 15 is 0 Å². The molecule has 2 aliphatic heterocycles. The summed E-state index contributed by atoms with van der Waals surface area (Å²) in [7, 11) is 0. The van der Waals surface area contributed by atoms with E-state index in [1.165, 1.54) is 52.9 Å². The van der Waals surface area contributed by atoms with Gasteiger partial charge in [0.05, 0.1) is 0 Å². The normalized spacial score (nSPS) is 14.6. The molecule has 2 fully saturated rings. The summed E-state index contributed by atoms with van der Waals surface area (Å²) in [5, 5.41) is 7.87. The molecule has 12 nitrogen and oxygen atoms in total. The first-order valence-corrected chi connectivity index (χ1v) is 22.6. The third-order valence-corrected chi connectivity index (χ3v) is 12.5. The molecule has 6 aromatic rings. The number of aromatic nitrogens is 4. The molecule has 4 heterocycles. The summed E-state index contributed by atoms with van der Waals surface area (Å²) >= 11 is 2.83. The molecule has 0 atom stereocenters. The zero-order chi connectivity index (χ0) is 43.1. The molecule has 2 amide bonds. The van der Waals surface area contributed by atoms with Crippen LogP contribution in [0.2, 0.25) is 0 Å². The van der Waals surface area contributed by atoms with Crippen molar-refractivity contribution in [1.82, 2.24) is 39.1 Å². The minimum Gasteiger partial charge on any atom is -0.351 e. The highest BCUT2D eigenvalue weighted by Crippen LogP contribution is 2.22. The molecule has 2 aromatic heterocycles. The van der Waals surface area contributed by atoms with Gasteiger partial charge in [-0.1, -0.05) is 61.5 Å². The second kappa shape index (κ2) is 22.4. The highest BCUT2D eigenvalue weighted by Gasteiger charge is 2.22. The Morgan fingerprint density at radius 1 is 0.548 bits per heavy atom. The van der Waals surface area contributed by atoms with E-state index in [4.69, 9.17) is 0 Å². The van der Waals surface area contributed by atoms with Crippen molar-refractivity contribution in [3.8, 4) is 0 Å². The van der Waals surface area contributed by atoms with Gasteiger partial charge in [-0.2, -0.15) is 8.75 Å². The van der Waals surface area contributed by atoms with Crippen molar-refractivity contribution in [2.24, 2.45) is 0 Å². The van der Waals surface area contributed by atoms with Gasteiger partial charge >= 0.3 is 0 Å². The summed E-state index contributed by atoms with van der Waals surface area (Å²) in [6, 6.07) is 30.0. The monoisotopic (exact) mass is 878 g/mol. The quantitative estimate of drug-likeness (QED) is 0.123. The van der Waals surface area contributed by atoms with Crippen molar-refractivity contribution in [3.05, 3.63) is 154 Å². The Labute approximate surface area is 370 Å². The van der Waals surface area contributed by atoms with Gasteiger partial charge in [0.2, 0.25) is 10.3 Å².